The van der Waals surface area contributed by atoms with Crippen molar-refractivity contribution >= 4 is 35.7 Å². The van der Waals surface area contributed by atoms with Crippen LogP contribution in [0.4, 0.5) is 5.69 Å². The Hall–Kier alpha value is -3.71. The Balaban J connectivity index is 1.37. The molecule has 3 aromatic heterocycles. The maximum absolute atomic E-state index is 4.80. The monoisotopic (exact) mass is 418 g/mol. The van der Waals surface area contributed by atoms with E-state index in [9.17, 15) is 0 Å². The minimum absolute atomic E-state index is 0.849. The minimum Gasteiger partial charge on any atom is -0.369 e. The van der Waals surface area contributed by atoms with Crippen LogP contribution in [0.5, 0.6) is 0 Å². The van der Waals surface area contributed by atoms with E-state index in [4.69, 9.17) is 4.98 Å². The van der Waals surface area contributed by atoms with Gasteiger partial charge in [-0.2, -0.15) is 5.10 Å². The summed E-state index contributed by atoms with van der Waals surface area (Å²) in [6.45, 7) is 4.17. The molecule has 0 unspecified atom stereocenters. The van der Waals surface area contributed by atoms with Crippen LogP contribution < -0.4 is 15.8 Å². The predicted molar refractivity (Wildman–Crippen MR) is 132 cm³/mol. The zero-order valence-electron chi connectivity index (χ0n) is 18.0. The van der Waals surface area contributed by atoms with Gasteiger partial charge in [-0.25, -0.2) is 9.50 Å². The normalized spacial score (nSPS) is 14.3. The van der Waals surface area contributed by atoms with E-state index in [-0.39, 0.29) is 0 Å². The van der Waals surface area contributed by atoms with Gasteiger partial charge in [0, 0.05) is 60.8 Å². The van der Waals surface area contributed by atoms with Crippen molar-refractivity contribution in [3.05, 3.63) is 73.2 Å². The lowest BCUT2D eigenvalue weighted by Crippen LogP contribution is -2.43. The number of anilines is 1. The lowest BCUT2D eigenvalue weighted by molar-refractivity contribution is 0.589. The topological polar surface area (TPSA) is 58.4 Å². The molecule has 0 bridgehead atoms. The highest BCUT2D eigenvalue weighted by Gasteiger charge is 2.14. The molecule has 1 aliphatic heterocycles. The van der Waals surface area contributed by atoms with E-state index < -0.39 is 0 Å². The van der Waals surface area contributed by atoms with Gasteiger partial charge in [-0.15, -0.1) is 0 Å². The second kappa shape index (κ2) is 7.77. The van der Waals surface area contributed by atoms with Gasteiger partial charge >= 0.3 is 0 Å². The highest BCUT2D eigenvalue weighted by atomic mass is 15.2. The fraction of sp³-hybridized carbons (Fsp3) is 0.160. The number of hydrogen-bond donors (Lipinski definition) is 1. The number of nitrogens with one attached hydrogen (secondary N) is 1. The fourth-order valence-corrected chi connectivity index (χ4v) is 4.53. The molecule has 0 radical (unpaired) electrons. The van der Waals surface area contributed by atoms with Crippen LogP contribution in [0.25, 0.3) is 38.8 Å². The van der Waals surface area contributed by atoms with Crippen molar-refractivity contribution in [3.8, 4) is 22.3 Å². The third-order valence-corrected chi connectivity index (χ3v) is 6.17. The summed E-state index contributed by atoms with van der Waals surface area (Å²) in [6.07, 6.45) is 5.90. The molecule has 0 saturated carbocycles. The zero-order chi connectivity index (χ0) is 21.5. The summed E-state index contributed by atoms with van der Waals surface area (Å²) < 4.78 is 1.87. The maximum atomic E-state index is 4.80. The number of nitrogens with zero attached hydrogens (tertiary/aromatic N) is 5. The standard InChI is InChI=1S/C25H23BN6/c26-24-13-21(20-3-1-2-4-23(20)30-24)22-15-29-32-16-18(14-28-25(22)32)17-5-7-19(8-6-17)31-11-9-27-10-12-31/h1-8,13-16,27H,9-12,26H2. The second-order valence-electron chi connectivity index (χ2n) is 8.28. The van der Waals surface area contributed by atoms with Crippen LogP contribution in [0.2, 0.25) is 0 Å². The Labute approximate surface area is 187 Å². The number of benzene rings is 2. The quantitative estimate of drug-likeness (QED) is 0.456. The molecule has 6 nitrogen and oxygen atoms in total. The van der Waals surface area contributed by atoms with Crippen LogP contribution in [0, 0.1) is 0 Å². The number of para-hydroxylation sites is 1. The molecule has 5 aromatic rings. The molecule has 0 amide bonds. The highest BCUT2D eigenvalue weighted by Crippen LogP contribution is 2.30. The average Bonchev–Trinajstić information content (AvgIpc) is 3.27. The number of aromatic nitrogens is 4. The molecule has 32 heavy (non-hydrogen) atoms. The van der Waals surface area contributed by atoms with Crippen molar-refractivity contribution < 1.29 is 0 Å². The van der Waals surface area contributed by atoms with E-state index in [0.29, 0.717) is 0 Å². The van der Waals surface area contributed by atoms with Gasteiger partial charge < -0.3 is 10.2 Å². The van der Waals surface area contributed by atoms with E-state index in [1.807, 2.05) is 43.0 Å². The molecule has 6 rings (SSSR count). The van der Waals surface area contributed by atoms with Gasteiger partial charge in [-0.1, -0.05) is 30.3 Å². The number of pyridine rings is 1. The van der Waals surface area contributed by atoms with Gasteiger partial charge in [-0.05, 0) is 41.0 Å². The third-order valence-electron chi connectivity index (χ3n) is 6.17. The number of rotatable bonds is 3. The Morgan fingerprint density at radius 2 is 1.69 bits per heavy atom. The van der Waals surface area contributed by atoms with E-state index >= 15 is 0 Å². The summed E-state index contributed by atoms with van der Waals surface area (Å²) in [5.41, 5.74) is 8.42. The largest absolute Gasteiger partial charge is 0.369 e. The van der Waals surface area contributed by atoms with Crippen molar-refractivity contribution in [2.75, 3.05) is 31.1 Å². The first kappa shape index (κ1) is 19.0. The zero-order valence-corrected chi connectivity index (χ0v) is 18.0. The lowest BCUT2D eigenvalue weighted by atomic mass is 9.95. The summed E-state index contributed by atoms with van der Waals surface area (Å²) >= 11 is 0. The maximum Gasteiger partial charge on any atom is 0.163 e. The Morgan fingerprint density at radius 3 is 2.53 bits per heavy atom. The van der Waals surface area contributed by atoms with E-state index in [0.717, 1.165) is 70.6 Å². The number of fused-ring (bicyclic) bond motifs is 2. The molecule has 7 heteroatoms. The first-order chi connectivity index (χ1) is 15.8. The van der Waals surface area contributed by atoms with Crippen molar-refractivity contribution in [3.63, 3.8) is 0 Å². The Kier molecular flexibility index (Phi) is 4.62. The highest BCUT2D eigenvalue weighted by molar-refractivity contribution is 6.32. The molecule has 2 aromatic carbocycles. The summed E-state index contributed by atoms with van der Waals surface area (Å²) in [6, 6.07) is 19.1. The SMILES string of the molecule is Bc1cc(-c2cnn3cc(-c4ccc(N5CCNCC5)cc4)cnc23)c2ccccc2n1. The Bertz CT molecular complexity index is 1420. The third kappa shape index (κ3) is 3.31. The van der Waals surface area contributed by atoms with Crippen molar-refractivity contribution in [2.45, 2.75) is 0 Å². The second-order valence-corrected chi connectivity index (χ2v) is 8.28. The smallest absolute Gasteiger partial charge is 0.163 e. The van der Waals surface area contributed by atoms with Gasteiger partial charge in [0.05, 0.1) is 11.7 Å². The molecular formula is C25H23BN6. The van der Waals surface area contributed by atoms with E-state index in [2.05, 4.69) is 62.9 Å². The fourth-order valence-electron chi connectivity index (χ4n) is 4.53. The first-order valence-electron chi connectivity index (χ1n) is 11.0. The molecule has 0 atom stereocenters. The van der Waals surface area contributed by atoms with Gasteiger partial charge in [0.1, 0.15) is 0 Å². The number of piperazine rings is 1. The molecule has 0 aliphatic carbocycles. The van der Waals surface area contributed by atoms with Crippen LogP contribution in [-0.2, 0) is 0 Å². The van der Waals surface area contributed by atoms with Crippen LogP contribution in [0.15, 0.2) is 73.2 Å². The van der Waals surface area contributed by atoms with E-state index in [1.165, 1.54) is 5.69 Å². The van der Waals surface area contributed by atoms with Crippen molar-refractivity contribution in [2.24, 2.45) is 0 Å². The van der Waals surface area contributed by atoms with Gasteiger partial charge in [0.15, 0.2) is 13.5 Å². The van der Waals surface area contributed by atoms with Crippen LogP contribution >= 0.6 is 0 Å². The molecular weight excluding hydrogens is 395 g/mol. The number of hydrogen-bond acceptors (Lipinski definition) is 5. The van der Waals surface area contributed by atoms with Crippen molar-refractivity contribution in [1.82, 2.24) is 24.9 Å². The molecule has 1 aliphatic rings. The minimum atomic E-state index is 0.849. The molecule has 1 fully saturated rings. The van der Waals surface area contributed by atoms with Crippen molar-refractivity contribution in [1.29, 1.82) is 0 Å². The molecule has 1 N–H and O–H groups in total. The summed E-state index contributed by atoms with van der Waals surface area (Å²) in [4.78, 5) is 11.9. The van der Waals surface area contributed by atoms with E-state index in [1.54, 1.807) is 0 Å². The Morgan fingerprint density at radius 1 is 0.875 bits per heavy atom. The lowest BCUT2D eigenvalue weighted by Gasteiger charge is -2.29. The van der Waals surface area contributed by atoms with Crippen LogP contribution in [0.1, 0.15) is 0 Å². The molecule has 156 valence electrons. The molecule has 0 spiro atoms. The summed E-state index contributed by atoms with van der Waals surface area (Å²) in [5.74, 6) is 0. The average molecular weight is 418 g/mol. The molecule has 4 heterocycles. The summed E-state index contributed by atoms with van der Waals surface area (Å²) in [7, 11) is 2.03. The van der Waals surface area contributed by atoms with Gasteiger partial charge in [-0.3, -0.25) is 4.98 Å². The van der Waals surface area contributed by atoms with Gasteiger partial charge in [0.2, 0.25) is 0 Å². The van der Waals surface area contributed by atoms with Crippen LogP contribution in [0.3, 0.4) is 0 Å². The van der Waals surface area contributed by atoms with Crippen LogP contribution in [-0.4, -0.2) is 53.6 Å². The van der Waals surface area contributed by atoms with Gasteiger partial charge in [0.25, 0.3) is 0 Å². The first-order valence-corrected chi connectivity index (χ1v) is 11.0. The summed E-state index contributed by atoms with van der Waals surface area (Å²) in [5, 5.41) is 9.14. The predicted octanol–water partition coefficient (Wildman–Crippen LogP) is 2.28. The molecule has 1 saturated heterocycles.